The number of aliphatic hydroxyl groups is 1. The van der Waals surface area contributed by atoms with Gasteiger partial charge in [-0.15, -0.1) is 0 Å². The molecule has 5 rings (SSSR count). The van der Waals surface area contributed by atoms with Gasteiger partial charge in [0.2, 0.25) is 0 Å². The van der Waals surface area contributed by atoms with Gasteiger partial charge in [0.15, 0.2) is 0 Å². The lowest BCUT2D eigenvalue weighted by Crippen LogP contribution is -2.20. The Morgan fingerprint density at radius 2 is 1.70 bits per heavy atom. The van der Waals surface area contributed by atoms with Crippen LogP contribution in [0.25, 0.3) is 32.9 Å². The maximum atomic E-state index is 12.8. The van der Waals surface area contributed by atoms with E-state index in [9.17, 15) is 14.7 Å². The highest BCUT2D eigenvalue weighted by Gasteiger charge is 2.34. The van der Waals surface area contributed by atoms with Gasteiger partial charge in [-0.05, 0) is 47.7 Å². The van der Waals surface area contributed by atoms with E-state index in [1.54, 1.807) is 6.07 Å². The number of fused-ring (bicyclic) bond motifs is 5. The smallest absolute Gasteiger partial charge is 0.259 e. The topological polar surface area (TPSA) is 91.6 Å². The molecule has 0 atom stereocenters. The molecular weight excluding hydrogens is 380 g/mol. The molecule has 2 amide bonds. The van der Waals surface area contributed by atoms with Crippen molar-refractivity contribution in [3.8, 4) is 16.9 Å². The van der Waals surface area contributed by atoms with Gasteiger partial charge in [-0.1, -0.05) is 30.3 Å². The summed E-state index contributed by atoms with van der Waals surface area (Å²) in [6.07, 6.45) is 1.10. The molecule has 0 spiro atoms. The normalized spacial score (nSPS) is 13.3. The molecule has 0 unspecified atom stereocenters. The number of benzene rings is 3. The highest BCUT2D eigenvalue weighted by Crippen LogP contribution is 2.41. The lowest BCUT2D eigenvalue weighted by atomic mass is 9.92. The van der Waals surface area contributed by atoms with E-state index in [1.165, 1.54) is 0 Å². The molecule has 3 aromatic carbocycles. The van der Waals surface area contributed by atoms with Gasteiger partial charge >= 0.3 is 0 Å². The molecule has 150 valence electrons. The number of nitrogens with one attached hydrogen (secondary N) is 1. The second-order valence-electron chi connectivity index (χ2n) is 7.60. The molecule has 0 bridgehead atoms. The van der Waals surface area contributed by atoms with Gasteiger partial charge in [-0.2, -0.15) is 0 Å². The van der Waals surface area contributed by atoms with Crippen molar-refractivity contribution in [3.63, 3.8) is 0 Å². The van der Waals surface area contributed by atoms with Crippen LogP contribution in [0.1, 0.15) is 32.7 Å². The van der Waals surface area contributed by atoms with E-state index in [4.69, 9.17) is 5.11 Å². The zero-order chi connectivity index (χ0) is 21.0. The fourth-order valence-corrected chi connectivity index (χ4v) is 4.44. The van der Waals surface area contributed by atoms with E-state index >= 15 is 0 Å². The number of hydrogen-bond acceptors (Lipinski definition) is 4. The van der Waals surface area contributed by atoms with Crippen LogP contribution in [0, 0.1) is 0 Å². The predicted molar refractivity (Wildman–Crippen MR) is 115 cm³/mol. The molecule has 30 heavy (non-hydrogen) atoms. The number of phenols is 1. The number of amides is 2. The SMILES string of the molecule is Cn1c2cc(CCCO)c(O)cc2c2c3c(c(-c4ccccc4)cc21)C(=O)NC3=O. The van der Waals surface area contributed by atoms with E-state index < -0.39 is 11.8 Å². The van der Waals surface area contributed by atoms with Gasteiger partial charge in [0.1, 0.15) is 5.75 Å². The van der Waals surface area contributed by atoms with E-state index in [0.29, 0.717) is 34.9 Å². The zero-order valence-electron chi connectivity index (χ0n) is 16.4. The third kappa shape index (κ3) is 2.54. The Balaban J connectivity index is 1.90. The first-order valence-electron chi connectivity index (χ1n) is 9.84. The van der Waals surface area contributed by atoms with Gasteiger partial charge in [0.05, 0.1) is 16.6 Å². The van der Waals surface area contributed by atoms with Gasteiger partial charge in [0, 0.05) is 29.9 Å². The maximum absolute atomic E-state index is 12.8. The number of rotatable bonds is 4. The van der Waals surface area contributed by atoms with E-state index in [2.05, 4.69) is 5.32 Å². The standard InChI is InChI=1S/C24H20N2O4/c1-26-17-10-14(8-5-9-27)19(28)12-16(17)20-18(26)11-15(13-6-3-2-4-7-13)21-22(20)24(30)25-23(21)29/h2-4,6-7,10-12,27-28H,5,8-9H2,1H3,(H,25,29,30). The molecule has 1 aromatic heterocycles. The molecule has 2 heterocycles. The Morgan fingerprint density at radius 3 is 2.43 bits per heavy atom. The Morgan fingerprint density at radius 1 is 0.967 bits per heavy atom. The van der Waals surface area contributed by atoms with Crippen molar-refractivity contribution in [1.82, 2.24) is 9.88 Å². The minimum Gasteiger partial charge on any atom is -0.508 e. The Kier molecular flexibility index (Phi) is 4.11. The molecule has 6 nitrogen and oxygen atoms in total. The van der Waals surface area contributed by atoms with Crippen molar-refractivity contribution >= 4 is 33.6 Å². The molecule has 4 aromatic rings. The summed E-state index contributed by atoms with van der Waals surface area (Å²) in [5, 5.41) is 23.5. The molecule has 0 aliphatic carbocycles. The van der Waals surface area contributed by atoms with Crippen LogP contribution in [0.4, 0.5) is 0 Å². The maximum Gasteiger partial charge on any atom is 0.259 e. The quantitative estimate of drug-likeness (QED) is 0.457. The van der Waals surface area contributed by atoms with Crippen molar-refractivity contribution in [3.05, 3.63) is 65.2 Å². The van der Waals surface area contributed by atoms with Crippen LogP contribution >= 0.6 is 0 Å². The number of phenolic OH excluding ortho intramolecular Hbond substituents is 1. The highest BCUT2D eigenvalue weighted by molar-refractivity contribution is 6.32. The van der Waals surface area contributed by atoms with Crippen LogP contribution in [0.2, 0.25) is 0 Å². The lowest BCUT2D eigenvalue weighted by Gasteiger charge is -2.09. The summed E-state index contributed by atoms with van der Waals surface area (Å²) in [7, 11) is 1.91. The van der Waals surface area contributed by atoms with Crippen LogP contribution < -0.4 is 5.32 Å². The number of aromatic hydroxyl groups is 1. The van der Waals surface area contributed by atoms with E-state index in [-0.39, 0.29) is 12.4 Å². The largest absolute Gasteiger partial charge is 0.508 e. The van der Waals surface area contributed by atoms with Crippen molar-refractivity contribution in [2.75, 3.05) is 6.61 Å². The minimum atomic E-state index is -0.422. The van der Waals surface area contributed by atoms with Crippen molar-refractivity contribution < 1.29 is 19.8 Å². The average Bonchev–Trinajstić information content (AvgIpc) is 3.19. The molecule has 0 radical (unpaired) electrons. The number of aliphatic hydroxyl groups excluding tert-OH is 1. The summed E-state index contributed by atoms with van der Waals surface area (Å²) in [6, 6.07) is 15.0. The predicted octanol–water partition coefficient (Wildman–Crippen LogP) is 3.51. The molecule has 6 heteroatoms. The van der Waals surface area contributed by atoms with Crippen molar-refractivity contribution in [2.45, 2.75) is 12.8 Å². The van der Waals surface area contributed by atoms with E-state index in [1.807, 2.05) is 54.1 Å². The molecule has 3 N–H and O–H groups in total. The highest BCUT2D eigenvalue weighted by atomic mass is 16.3. The van der Waals surface area contributed by atoms with Gasteiger partial charge in [-0.25, -0.2) is 0 Å². The van der Waals surface area contributed by atoms with Crippen LogP contribution in [-0.4, -0.2) is 33.2 Å². The van der Waals surface area contributed by atoms with Crippen LogP contribution in [0.15, 0.2) is 48.5 Å². The van der Waals surface area contributed by atoms with Gasteiger partial charge in [0.25, 0.3) is 11.8 Å². The second-order valence-corrected chi connectivity index (χ2v) is 7.60. The third-order valence-corrected chi connectivity index (χ3v) is 5.87. The molecule has 1 aliphatic heterocycles. The van der Waals surface area contributed by atoms with Crippen LogP contribution in [0.5, 0.6) is 5.75 Å². The lowest BCUT2D eigenvalue weighted by molar-refractivity contribution is 0.0880. The summed E-state index contributed by atoms with van der Waals surface area (Å²) in [5.41, 5.74) is 4.69. The molecule has 1 aliphatic rings. The number of hydrogen-bond donors (Lipinski definition) is 3. The summed E-state index contributed by atoms with van der Waals surface area (Å²) in [4.78, 5) is 25.5. The first-order valence-corrected chi connectivity index (χ1v) is 9.84. The molecular formula is C24H20N2O4. The fourth-order valence-electron chi connectivity index (χ4n) is 4.44. The zero-order valence-corrected chi connectivity index (χ0v) is 16.4. The number of aromatic nitrogens is 1. The second kappa shape index (κ2) is 6.71. The van der Waals surface area contributed by atoms with Crippen molar-refractivity contribution in [1.29, 1.82) is 0 Å². The third-order valence-electron chi connectivity index (χ3n) is 5.87. The van der Waals surface area contributed by atoms with Crippen LogP contribution in [-0.2, 0) is 13.5 Å². The number of nitrogens with zero attached hydrogens (tertiary/aromatic N) is 1. The van der Waals surface area contributed by atoms with E-state index in [0.717, 1.165) is 27.5 Å². The monoisotopic (exact) mass is 400 g/mol. The Bertz CT molecular complexity index is 1350. The molecule has 0 fully saturated rings. The Hall–Kier alpha value is -3.64. The first-order chi connectivity index (χ1) is 14.5. The van der Waals surface area contributed by atoms with Crippen molar-refractivity contribution in [2.24, 2.45) is 7.05 Å². The van der Waals surface area contributed by atoms with Gasteiger partial charge in [-0.3, -0.25) is 14.9 Å². The number of carbonyl (C=O) groups is 2. The van der Waals surface area contributed by atoms with Crippen LogP contribution in [0.3, 0.4) is 0 Å². The van der Waals surface area contributed by atoms with Gasteiger partial charge < -0.3 is 14.8 Å². The molecule has 0 saturated heterocycles. The minimum absolute atomic E-state index is 0.0445. The Labute approximate surface area is 172 Å². The number of aryl methyl sites for hydroxylation is 2. The average molecular weight is 400 g/mol. The summed E-state index contributed by atoms with van der Waals surface area (Å²) in [6.45, 7) is 0.0445. The molecule has 0 saturated carbocycles. The summed E-state index contributed by atoms with van der Waals surface area (Å²) in [5.74, 6) is -0.709. The number of carbonyl (C=O) groups excluding carboxylic acids is 2. The first kappa shape index (κ1) is 18.4. The summed E-state index contributed by atoms with van der Waals surface area (Å²) < 4.78 is 1.98. The number of imide groups is 1. The fraction of sp³-hybridized carbons (Fsp3) is 0.167. The summed E-state index contributed by atoms with van der Waals surface area (Å²) >= 11 is 0.